The number of anilines is 1. The zero-order valence-corrected chi connectivity index (χ0v) is 19.5. The fourth-order valence-corrected chi connectivity index (χ4v) is 5.52. The van der Waals surface area contributed by atoms with E-state index in [1.807, 2.05) is 10.7 Å². The van der Waals surface area contributed by atoms with Gasteiger partial charge in [0.05, 0.1) is 11.2 Å². The number of hydrogen-bond donors (Lipinski definition) is 0. The molecular weight excluding hydrogens is 410 g/mol. The van der Waals surface area contributed by atoms with Crippen molar-refractivity contribution in [3.63, 3.8) is 0 Å². The standard InChI is InChI=1S/C27H33N5O/c1-2-29-12-10-23(18-29)20-3-5-21(6-4-20)24-17-26-25(9-11-28-32(26)19-24)30-13-15-31(16-14-30)27(33)22-7-8-22/h3-6,9,11,17,19,22-23H,2,7-8,10,12-16,18H2,1H3. The maximum atomic E-state index is 12.4. The highest BCUT2D eigenvalue weighted by Gasteiger charge is 2.34. The van der Waals surface area contributed by atoms with Gasteiger partial charge in [0.25, 0.3) is 0 Å². The number of carbonyl (C=O) groups excluding carboxylic acids is 1. The molecule has 1 atom stereocenters. The third-order valence-electron chi connectivity index (χ3n) is 7.78. The topological polar surface area (TPSA) is 44.1 Å². The van der Waals surface area contributed by atoms with E-state index >= 15 is 0 Å². The van der Waals surface area contributed by atoms with Crippen LogP contribution in [0.5, 0.6) is 0 Å². The smallest absolute Gasteiger partial charge is 0.225 e. The molecule has 2 aromatic heterocycles. The molecule has 172 valence electrons. The third kappa shape index (κ3) is 4.01. The second-order valence-corrected chi connectivity index (χ2v) is 9.86. The number of piperazine rings is 1. The van der Waals surface area contributed by atoms with E-state index in [4.69, 9.17) is 0 Å². The minimum absolute atomic E-state index is 0.308. The number of fused-ring (bicyclic) bond motifs is 1. The van der Waals surface area contributed by atoms with Gasteiger partial charge in [-0.2, -0.15) is 5.10 Å². The monoisotopic (exact) mass is 443 g/mol. The molecule has 33 heavy (non-hydrogen) atoms. The minimum atomic E-state index is 0.308. The summed E-state index contributed by atoms with van der Waals surface area (Å²) in [6, 6.07) is 13.5. The summed E-state index contributed by atoms with van der Waals surface area (Å²) < 4.78 is 2.00. The average Bonchev–Trinajstić information content (AvgIpc) is 3.44. The van der Waals surface area contributed by atoms with Crippen LogP contribution < -0.4 is 4.90 Å². The first kappa shape index (κ1) is 20.7. The Morgan fingerprint density at radius 1 is 0.970 bits per heavy atom. The van der Waals surface area contributed by atoms with Crippen molar-refractivity contribution >= 4 is 17.1 Å². The Morgan fingerprint density at radius 3 is 2.45 bits per heavy atom. The Morgan fingerprint density at radius 2 is 1.76 bits per heavy atom. The second kappa shape index (κ2) is 8.49. The van der Waals surface area contributed by atoms with Gasteiger partial charge < -0.3 is 14.7 Å². The Hall–Kier alpha value is -2.86. The number of rotatable bonds is 5. The largest absolute Gasteiger partial charge is 0.366 e. The molecule has 1 aromatic carbocycles. The number of amides is 1. The van der Waals surface area contributed by atoms with Crippen LogP contribution in [-0.2, 0) is 4.79 Å². The molecule has 3 aromatic rings. The van der Waals surface area contributed by atoms with Crippen LogP contribution in [0.1, 0.15) is 37.7 Å². The molecule has 0 spiro atoms. The van der Waals surface area contributed by atoms with Gasteiger partial charge in [0, 0.05) is 56.6 Å². The van der Waals surface area contributed by atoms with Gasteiger partial charge in [0.15, 0.2) is 0 Å². The molecule has 6 rings (SSSR count). The normalized spacial score (nSPS) is 21.8. The molecule has 6 nitrogen and oxygen atoms in total. The molecule has 3 fully saturated rings. The van der Waals surface area contributed by atoms with Crippen molar-refractivity contribution in [2.45, 2.75) is 32.1 Å². The molecule has 1 amide bonds. The molecule has 2 saturated heterocycles. The summed E-state index contributed by atoms with van der Waals surface area (Å²) in [4.78, 5) is 19.4. The van der Waals surface area contributed by atoms with Crippen LogP contribution in [0.2, 0.25) is 0 Å². The molecule has 6 heteroatoms. The van der Waals surface area contributed by atoms with E-state index in [9.17, 15) is 4.79 Å². The van der Waals surface area contributed by atoms with Crippen LogP contribution in [-0.4, -0.2) is 71.1 Å². The van der Waals surface area contributed by atoms with Gasteiger partial charge in [-0.25, -0.2) is 4.52 Å². The van der Waals surface area contributed by atoms with E-state index in [0.29, 0.717) is 17.7 Å². The lowest BCUT2D eigenvalue weighted by Gasteiger charge is -2.36. The van der Waals surface area contributed by atoms with Gasteiger partial charge in [0.1, 0.15) is 0 Å². The van der Waals surface area contributed by atoms with Gasteiger partial charge in [-0.3, -0.25) is 4.79 Å². The third-order valence-corrected chi connectivity index (χ3v) is 7.78. The van der Waals surface area contributed by atoms with Crippen molar-refractivity contribution in [2.24, 2.45) is 5.92 Å². The first-order valence-electron chi connectivity index (χ1n) is 12.5. The number of likely N-dealkylation sites (N-methyl/N-ethyl adjacent to an activating group) is 1. The predicted octanol–water partition coefficient (Wildman–Crippen LogP) is 3.87. The van der Waals surface area contributed by atoms with Crippen molar-refractivity contribution in [3.8, 4) is 11.1 Å². The highest BCUT2D eigenvalue weighted by atomic mass is 16.2. The first-order valence-corrected chi connectivity index (χ1v) is 12.5. The second-order valence-electron chi connectivity index (χ2n) is 9.86. The summed E-state index contributed by atoms with van der Waals surface area (Å²) in [5.74, 6) is 1.33. The SMILES string of the molecule is CCN1CCC(c2ccc(-c3cc4c(N5CCN(C(=O)C6CC6)CC5)ccnn4c3)cc2)C1. The summed E-state index contributed by atoms with van der Waals surface area (Å²) in [5, 5.41) is 4.58. The Kier molecular flexibility index (Phi) is 5.33. The van der Waals surface area contributed by atoms with E-state index < -0.39 is 0 Å². The van der Waals surface area contributed by atoms with Crippen molar-refractivity contribution in [1.29, 1.82) is 0 Å². The molecule has 1 unspecified atom stereocenters. The fourth-order valence-electron chi connectivity index (χ4n) is 5.52. The zero-order chi connectivity index (χ0) is 22.4. The zero-order valence-electron chi connectivity index (χ0n) is 19.5. The molecule has 2 aliphatic heterocycles. The molecule has 1 saturated carbocycles. The summed E-state index contributed by atoms with van der Waals surface area (Å²) in [6.45, 7) is 9.17. The van der Waals surface area contributed by atoms with Crippen LogP contribution in [0.3, 0.4) is 0 Å². The predicted molar refractivity (Wildman–Crippen MR) is 132 cm³/mol. The number of benzene rings is 1. The van der Waals surface area contributed by atoms with Crippen molar-refractivity contribution in [3.05, 3.63) is 54.4 Å². The lowest BCUT2D eigenvalue weighted by atomic mass is 9.96. The van der Waals surface area contributed by atoms with Crippen molar-refractivity contribution < 1.29 is 4.79 Å². The number of aromatic nitrogens is 2. The summed E-state index contributed by atoms with van der Waals surface area (Å²) in [5.41, 5.74) is 6.23. The lowest BCUT2D eigenvalue weighted by Crippen LogP contribution is -2.49. The summed E-state index contributed by atoms with van der Waals surface area (Å²) in [7, 11) is 0. The summed E-state index contributed by atoms with van der Waals surface area (Å²) >= 11 is 0. The van der Waals surface area contributed by atoms with Crippen molar-refractivity contribution in [2.75, 3.05) is 50.7 Å². The fraction of sp³-hybridized carbons (Fsp3) is 0.481. The molecule has 0 bridgehead atoms. The van der Waals surface area contributed by atoms with Crippen LogP contribution in [0, 0.1) is 5.92 Å². The molecular formula is C27H33N5O. The Labute approximate surface area is 195 Å². The molecule has 0 N–H and O–H groups in total. The quantitative estimate of drug-likeness (QED) is 0.601. The maximum absolute atomic E-state index is 12.4. The Bertz CT molecular complexity index is 1140. The molecule has 4 heterocycles. The van der Waals surface area contributed by atoms with E-state index in [1.165, 1.54) is 41.9 Å². The van der Waals surface area contributed by atoms with E-state index in [-0.39, 0.29) is 0 Å². The van der Waals surface area contributed by atoms with Gasteiger partial charge >= 0.3 is 0 Å². The Balaban J connectivity index is 1.20. The van der Waals surface area contributed by atoms with Crippen LogP contribution in [0.4, 0.5) is 5.69 Å². The van der Waals surface area contributed by atoms with Gasteiger partial charge in [-0.15, -0.1) is 0 Å². The number of likely N-dealkylation sites (tertiary alicyclic amines) is 1. The minimum Gasteiger partial charge on any atom is -0.366 e. The van der Waals surface area contributed by atoms with Gasteiger partial charge in [-0.1, -0.05) is 31.2 Å². The number of nitrogens with zero attached hydrogens (tertiary/aromatic N) is 5. The van der Waals surface area contributed by atoms with Gasteiger partial charge in [-0.05, 0) is 61.5 Å². The molecule has 0 radical (unpaired) electrons. The van der Waals surface area contributed by atoms with Crippen LogP contribution in [0.25, 0.3) is 16.6 Å². The number of carbonyl (C=O) groups is 1. The molecule has 1 aliphatic carbocycles. The van der Waals surface area contributed by atoms with Crippen molar-refractivity contribution in [1.82, 2.24) is 19.4 Å². The van der Waals surface area contributed by atoms with E-state index in [1.54, 1.807) is 0 Å². The number of hydrogen-bond acceptors (Lipinski definition) is 4. The first-order chi connectivity index (χ1) is 16.2. The summed E-state index contributed by atoms with van der Waals surface area (Å²) in [6.07, 6.45) is 7.44. The highest BCUT2D eigenvalue weighted by molar-refractivity contribution is 5.82. The lowest BCUT2D eigenvalue weighted by molar-refractivity contribution is -0.132. The van der Waals surface area contributed by atoms with E-state index in [0.717, 1.165) is 51.1 Å². The maximum Gasteiger partial charge on any atom is 0.225 e. The van der Waals surface area contributed by atoms with Crippen LogP contribution in [0.15, 0.2) is 48.8 Å². The highest BCUT2D eigenvalue weighted by Crippen LogP contribution is 2.33. The van der Waals surface area contributed by atoms with Gasteiger partial charge in [0.2, 0.25) is 5.91 Å². The average molecular weight is 444 g/mol. The van der Waals surface area contributed by atoms with Crippen LogP contribution >= 0.6 is 0 Å². The van der Waals surface area contributed by atoms with E-state index in [2.05, 4.69) is 69.3 Å². The molecule has 3 aliphatic rings.